The molecule has 1 aromatic rings. The Morgan fingerprint density at radius 1 is 1.60 bits per heavy atom. The number of aromatic nitrogens is 1. The number of hydrogen-bond donors (Lipinski definition) is 1. The highest BCUT2D eigenvalue weighted by atomic mass is 79.9. The van der Waals surface area contributed by atoms with Crippen molar-refractivity contribution in [2.24, 2.45) is 5.92 Å². The molecule has 1 atom stereocenters. The van der Waals surface area contributed by atoms with Gasteiger partial charge >= 0.3 is 0 Å². The van der Waals surface area contributed by atoms with Gasteiger partial charge in [0.05, 0.1) is 5.02 Å². The topological polar surface area (TPSA) is 24.9 Å². The van der Waals surface area contributed by atoms with Crippen molar-refractivity contribution in [1.82, 2.24) is 4.98 Å². The van der Waals surface area contributed by atoms with Gasteiger partial charge in [0.25, 0.3) is 0 Å². The van der Waals surface area contributed by atoms with Crippen LogP contribution in [0.4, 0.5) is 5.82 Å². The summed E-state index contributed by atoms with van der Waals surface area (Å²) in [7, 11) is 0. The molecule has 0 saturated heterocycles. The molecular weight excluding hydrogens is 275 g/mol. The zero-order chi connectivity index (χ0) is 10.8. The predicted molar refractivity (Wildman–Crippen MR) is 67.4 cm³/mol. The van der Waals surface area contributed by atoms with E-state index in [2.05, 4.69) is 33.2 Å². The van der Waals surface area contributed by atoms with Gasteiger partial charge in [-0.15, -0.1) is 0 Å². The maximum atomic E-state index is 6.08. The SMILES string of the molecule is CC(Nc1ncc(Br)cc1Cl)C1CCC1. The van der Waals surface area contributed by atoms with Gasteiger partial charge in [0.2, 0.25) is 0 Å². The van der Waals surface area contributed by atoms with Crippen molar-refractivity contribution in [3.8, 4) is 0 Å². The Balaban J connectivity index is 2.03. The quantitative estimate of drug-likeness (QED) is 0.906. The molecule has 82 valence electrons. The van der Waals surface area contributed by atoms with Crippen molar-refractivity contribution in [3.63, 3.8) is 0 Å². The molecule has 1 saturated carbocycles. The van der Waals surface area contributed by atoms with E-state index in [9.17, 15) is 0 Å². The third-order valence-electron chi connectivity index (χ3n) is 3.03. The van der Waals surface area contributed by atoms with Crippen molar-refractivity contribution < 1.29 is 0 Å². The van der Waals surface area contributed by atoms with Crippen LogP contribution in [0.3, 0.4) is 0 Å². The third kappa shape index (κ3) is 2.64. The van der Waals surface area contributed by atoms with E-state index in [0.717, 1.165) is 16.2 Å². The molecule has 0 spiro atoms. The van der Waals surface area contributed by atoms with Crippen LogP contribution in [0.1, 0.15) is 26.2 Å². The van der Waals surface area contributed by atoms with Gasteiger partial charge in [-0.05, 0) is 47.7 Å². The van der Waals surface area contributed by atoms with Gasteiger partial charge in [0, 0.05) is 16.7 Å². The van der Waals surface area contributed by atoms with E-state index in [1.165, 1.54) is 19.3 Å². The van der Waals surface area contributed by atoms with Gasteiger partial charge in [-0.2, -0.15) is 0 Å². The minimum atomic E-state index is 0.463. The molecule has 2 nitrogen and oxygen atoms in total. The summed E-state index contributed by atoms with van der Waals surface area (Å²) in [5.41, 5.74) is 0. The van der Waals surface area contributed by atoms with E-state index in [0.29, 0.717) is 11.1 Å². The molecule has 15 heavy (non-hydrogen) atoms. The fourth-order valence-electron chi connectivity index (χ4n) is 1.79. The van der Waals surface area contributed by atoms with Crippen LogP contribution >= 0.6 is 27.5 Å². The van der Waals surface area contributed by atoms with Crippen LogP contribution in [-0.2, 0) is 0 Å². The minimum Gasteiger partial charge on any atom is -0.366 e. The van der Waals surface area contributed by atoms with Crippen LogP contribution in [0.2, 0.25) is 5.02 Å². The van der Waals surface area contributed by atoms with Gasteiger partial charge in [0.15, 0.2) is 0 Å². The van der Waals surface area contributed by atoms with Crippen LogP contribution in [0.15, 0.2) is 16.7 Å². The highest BCUT2D eigenvalue weighted by Gasteiger charge is 2.24. The van der Waals surface area contributed by atoms with Crippen LogP contribution in [0, 0.1) is 5.92 Å². The molecule has 1 aromatic heterocycles. The van der Waals surface area contributed by atoms with E-state index in [-0.39, 0.29) is 0 Å². The lowest BCUT2D eigenvalue weighted by atomic mass is 9.80. The number of halogens is 2. The fraction of sp³-hybridized carbons (Fsp3) is 0.545. The molecular formula is C11H14BrClN2. The maximum absolute atomic E-state index is 6.08. The minimum absolute atomic E-state index is 0.463. The molecule has 1 aliphatic carbocycles. The number of nitrogens with zero attached hydrogens (tertiary/aromatic N) is 1. The average molecular weight is 290 g/mol. The van der Waals surface area contributed by atoms with Crippen molar-refractivity contribution in [3.05, 3.63) is 21.8 Å². The molecule has 1 heterocycles. The molecule has 0 bridgehead atoms. The lowest BCUT2D eigenvalue weighted by molar-refractivity contribution is 0.285. The van der Waals surface area contributed by atoms with Crippen molar-refractivity contribution in [2.45, 2.75) is 32.2 Å². The summed E-state index contributed by atoms with van der Waals surface area (Å²) in [4.78, 5) is 4.27. The summed E-state index contributed by atoms with van der Waals surface area (Å²) in [5.74, 6) is 1.57. The molecule has 1 aliphatic rings. The van der Waals surface area contributed by atoms with Crippen molar-refractivity contribution >= 4 is 33.3 Å². The van der Waals surface area contributed by atoms with Crippen LogP contribution in [0.25, 0.3) is 0 Å². The zero-order valence-corrected chi connectivity index (χ0v) is 11.0. The lowest BCUT2D eigenvalue weighted by Crippen LogP contribution is -2.31. The smallest absolute Gasteiger partial charge is 0.145 e. The summed E-state index contributed by atoms with van der Waals surface area (Å²) in [6.45, 7) is 2.20. The van der Waals surface area contributed by atoms with Crippen LogP contribution < -0.4 is 5.32 Å². The standard InChI is InChI=1S/C11H14BrClN2/c1-7(8-3-2-4-8)15-11-10(13)5-9(12)6-14-11/h5-8H,2-4H2,1H3,(H,14,15). The molecule has 1 fully saturated rings. The van der Waals surface area contributed by atoms with E-state index < -0.39 is 0 Å². The summed E-state index contributed by atoms with van der Waals surface area (Å²) in [6.07, 6.45) is 5.77. The first-order valence-electron chi connectivity index (χ1n) is 5.24. The zero-order valence-electron chi connectivity index (χ0n) is 8.63. The van der Waals surface area contributed by atoms with Gasteiger partial charge < -0.3 is 5.32 Å². The first kappa shape index (κ1) is 11.2. The van der Waals surface area contributed by atoms with Gasteiger partial charge in [-0.1, -0.05) is 18.0 Å². The Labute approximate surface area is 104 Å². The molecule has 0 aromatic carbocycles. The summed E-state index contributed by atoms with van der Waals surface area (Å²) >= 11 is 9.43. The Kier molecular flexibility index (Phi) is 3.52. The van der Waals surface area contributed by atoms with E-state index in [1.54, 1.807) is 6.20 Å². The number of rotatable bonds is 3. The molecule has 4 heteroatoms. The molecule has 1 N–H and O–H groups in total. The van der Waals surface area contributed by atoms with Gasteiger partial charge in [0.1, 0.15) is 5.82 Å². The summed E-state index contributed by atoms with van der Waals surface area (Å²) in [6, 6.07) is 2.33. The Bertz CT molecular complexity index is 352. The van der Waals surface area contributed by atoms with E-state index >= 15 is 0 Å². The second kappa shape index (κ2) is 4.71. The maximum Gasteiger partial charge on any atom is 0.145 e. The molecule has 0 aliphatic heterocycles. The van der Waals surface area contributed by atoms with Crippen LogP contribution in [0.5, 0.6) is 0 Å². The summed E-state index contributed by atoms with van der Waals surface area (Å²) in [5, 5.41) is 4.05. The van der Waals surface area contributed by atoms with Gasteiger partial charge in [-0.3, -0.25) is 0 Å². The Morgan fingerprint density at radius 3 is 2.87 bits per heavy atom. The molecule has 0 amide bonds. The van der Waals surface area contributed by atoms with Crippen molar-refractivity contribution in [2.75, 3.05) is 5.32 Å². The largest absolute Gasteiger partial charge is 0.366 e. The van der Waals surface area contributed by atoms with Crippen LogP contribution in [-0.4, -0.2) is 11.0 Å². The monoisotopic (exact) mass is 288 g/mol. The third-order valence-corrected chi connectivity index (χ3v) is 3.75. The molecule has 0 radical (unpaired) electrons. The second-order valence-electron chi connectivity index (χ2n) is 4.11. The predicted octanol–water partition coefficient (Wildman–Crippen LogP) is 4.10. The molecule has 2 rings (SSSR count). The van der Waals surface area contributed by atoms with E-state index in [4.69, 9.17) is 11.6 Å². The number of anilines is 1. The fourth-order valence-corrected chi connectivity index (χ4v) is 2.48. The highest BCUT2D eigenvalue weighted by molar-refractivity contribution is 9.10. The molecule has 1 unspecified atom stereocenters. The summed E-state index contributed by atoms with van der Waals surface area (Å²) < 4.78 is 0.911. The van der Waals surface area contributed by atoms with Gasteiger partial charge in [-0.25, -0.2) is 4.98 Å². The Hall–Kier alpha value is -0.280. The highest BCUT2D eigenvalue weighted by Crippen LogP contribution is 2.32. The number of nitrogens with one attached hydrogen (secondary N) is 1. The van der Waals surface area contributed by atoms with E-state index in [1.807, 2.05) is 6.07 Å². The number of hydrogen-bond acceptors (Lipinski definition) is 2. The normalized spacial score (nSPS) is 18.3. The second-order valence-corrected chi connectivity index (χ2v) is 5.43. The van der Waals surface area contributed by atoms with Crippen molar-refractivity contribution in [1.29, 1.82) is 0 Å². The number of pyridine rings is 1. The Morgan fingerprint density at radius 2 is 2.33 bits per heavy atom. The first-order valence-corrected chi connectivity index (χ1v) is 6.41. The average Bonchev–Trinajstić information content (AvgIpc) is 2.07. The lowest BCUT2D eigenvalue weighted by Gasteiger charge is -2.32. The first-order chi connectivity index (χ1) is 7.16.